The molecule has 0 atom stereocenters. The zero-order valence-corrected chi connectivity index (χ0v) is 16.4. The van der Waals surface area contributed by atoms with Gasteiger partial charge in [0.15, 0.2) is 12.4 Å². The number of carbonyl (C=O) groups is 2. The fraction of sp³-hybridized carbons (Fsp3) is 0.286. The average Bonchev–Trinajstić information content (AvgIpc) is 2.64. The van der Waals surface area contributed by atoms with Gasteiger partial charge >= 0.3 is 0 Å². The molecule has 0 radical (unpaired) electrons. The van der Waals surface area contributed by atoms with Crippen molar-refractivity contribution in [2.75, 3.05) is 18.6 Å². The smallest absolute Gasteiger partial charge is 0.265 e. The number of Topliss-reactive ketones (excluding diaryl/α,β-unsaturated/α-hetero) is 1. The number of ketones is 1. The van der Waals surface area contributed by atoms with Gasteiger partial charge in [0.25, 0.3) is 5.91 Å². The van der Waals surface area contributed by atoms with E-state index in [1.54, 1.807) is 30.2 Å². The van der Waals surface area contributed by atoms with Gasteiger partial charge in [0, 0.05) is 34.8 Å². The van der Waals surface area contributed by atoms with E-state index >= 15 is 0 Å². The van der Waals surface area contributed by atoms with Crippen molar-refractivity contribution in [1.29, 1.82) is 0 Å². The van der Waals surface area contributed by atoms with Gasteiger partial charge in [0.05, 0.1) is 19.3 Å². The van der Waals surface area contributed by atoms with Crippen molar-refractivity contribution < 1.29 is 19.1 Å². The predicted molar refractivity (Wildman–Crippen MR) is 106 cm³/mol. The third-order valence-corrected chi connectivity index (χ3v) is 4.55. The number of benzene rings is 1. The molecule has 0 fully saturated rings. The van der Waals surface area contributed by atoms with Gasteiger partial charge in [-0.25, -0.2) is 0 Å². The van der Waals surface area contributed by atoms with E-state index in [9.17, 15) is 9.59 Å². The van der Waals surface area contributed by atoms with Gasteiger partial charge in [0.2, 0.25) is 0 Å². The number of aromatic nitrogens is 1. The van der Waals surface area contributed by atoms with Crippen LogP contribution in [0, 0.1) is 6.92 Å². The molecule has 0 aliphatic carbocycles. The monoisotopic (exact) mass is 381 g/mol. The maximum atomic E-state index is 12.5. The van der Waals surface area contributed by atoms with Crippen LogP contribution in [0.5, 0.6) is 11.5 Å². The summed E-state index contributed by atoms with van der Waals surface area (Å²) < 4.78 is 11.1. The van der Waals surface area contributed by atoms with Crippen LogP contribution in [0.4, 0.5) is 5.69 Å². The van der Waals surface area contributed by atoms with E-state index in [2.05, 4.69) is 4.98 Å². The van der Waals surface area contributed by atoms with E-state index in [1.807, 2.05) is 19.1 Å². The number of hydrogen-bond donors (Lipinski definition) is 1. The third kappa shape index (κ3) is 3.69. The molecule has 2 aromatic rings. The molecular weight excluding hydrogens is 358 g/mol. The molecule has 0 unspecified atom stereocenters. The highest BCUT2D eigenvalue weighted by Gasteiger charge is 2.29. The number of nitrogens with two attached hydrogens (primary N) is 1. The summed E-state index contributed by atoms with van der Waals surface area (Å²) in [6.45, 7) is 5.29. The van der Waals surface area contributed by atoms with E-state index in [0.717, 1.165) is 11.3 Å². The number of allylic oxidation sites excluding steroid dienone is 2. The van der Waals surface area contributed by atoms with E-state index in [-0.39, 0.29) is 18.3 Å². The lowest BCUT2D eigenvalue weighted by Crippen LogP contribution is -2.38. The molecule has 1 aromatic carbocycles. The van der Waals surface area contributed by atoms with Crippen LogP contribution in [0.25, 0.3) is 5.57 Å². The Hall–Kier alpha value is -3.35. The predicted octanol–water partition coefficient (Wildman–Crippen LogP) is 2.60. The van der Waals surface area contributed by atoms with E-state index in [4.69, 9.17) is 15.2 Å². The molecule has 1 amide bonds. The maximum Gasteiger partial charge on any atom is 0.265 e. The Morgan fingerprint density at radius 2 is 2.07 bits per heavy atom. The molecule has 1 aromatic heterocycles. The number of anilines is 1. The Kier molecular flexibility index (Phi) is 5.35. The molecule has 1 aliphatic heterocycles. The fourth-order valence-electron chi connectivity index (χ4n) is 3.22. The van der Waals surface area contributed by atoms with Gasteiger partial charge < -0.3 is 20.1 Å². The number of nitrogens with zero attached hydrogens (tertiary/aromatic N) is 2. The second kappa shape index (κ2) is 7.72. The summed E-state index contributed by atoms with van der Waals surface area (Å²) in [5.74, 6) is 0.600. The van der Waals surface area contributed by atoms with Gasteiger partial charge in [0.1, 0.15) is 11.5 Å². The van der Waals surface area contributed by atoms with E-state index in [1.165, 1.54) is 14.0 Å². The lowest BCUT2D eigenvalue weighted by molar-refractivity contribution is -0.121. The quantitative estimate of drug-likeness (QED) is 0.800. The Morgan fingerprint density at radius 3 is 2.64 bits per heavy atom. The summed E-state index contributed by atoms with van der Waals surface area (Å²) in [6, 6.07) is 7.24. The largest absolute Gasteiger partial charge is 0.496 e. The highest BCUT2D eigenvalue weighted by atomic mass is 16.5. The highest BCUT2D eigenvalue weighted by molar-refractivity contribution is 6.21. The summed E-state index contributed by atoms with van der Waals surface area (Å²) in [5.41, 5.74) is 9.61. The number of hydrogen-bond acceptors (Lipinski definition) is 6. The molecule has 3 rings (SSSR count). The molecule has 2 heterocycles. The van der Waals surface area contributed by atoms with E-state index in [0.29, 0.717) is 40.6 Å². The van der Waals surface area contributed by atoms with Crippen molar-refractivity contribution in [3.8, 4) is 11.5 Å². The summed E-state index contributed by atoms with van der Waals surface area (Å²) in [4.78, 5) is 30.5. The van der Waals surface area contributed by atoms with E-state index < -0.39 is 0 Å². The maximum absolute atomic E-state index is 12.5. The minimum absolute atomic E-state index is 0.0845. The van der Waals surface area contributed by atoms with Crippen LogP contribution < -0.4 is 20.1 Å². The Bertz CT molecular complexity index is 960. The summed E-state index contributed by atoms with van der Waals surface area (Å²) in [5, 5.41) is 0. The van der Waals surface area contributed by atoms with Crippen LogP contribution in [0.2, 0.25) is 0 Å². The van der Waals surface area contributed by atoms with Gasteiger partial charge in [-0.2, -0.15) is 0 Å². The van der Waals surface area contributed by atoms with Crippen molar-refractivity contribution in [2.45, 2.75) is 27.3 Å². The van der Waals surface area contributed by atoms with Crippen LogP contribution >= 0.6 is 0 Å². The molecule has 0 saturated carbocycles. The van der Waals surface area contributed by atoms with Crippen molar-refractivity contribution in [3.05, 3.63) is 53.0 Å². The minimum Gasteiger partial charge on any atom is -0.496 e. The molecule has 1 aliphatic rings. The number of fused-ring (bicyclic) bond motifs is 1. The first-order valence-electron chi connectivity index (χ1n) is 8.86. The number of pyridine rings is 1. The van der Waals surface area contributed by atoms with Crippen molar-refractivity contribution in [1.82, 2.24) is 4.98 Å². The lowest BCUT2D eigenvalue weighted by atomic mass is 9.98. The summed E-state index contributed by atoms with van der Waals surface area (Å²) in [7, 11) is 1.51. The van der Waals surface area contributed by atoms with Crippen molar-refractivity contribution in [3.63, 3.8) is 0 Å². The van der Waals surface area contributed by atoms with Crippen LogP contribution in [0.3, 0.4) is 0 Å². The van der Waals surface area contributed by atoms with Crippen LogP contribution in [0.15, 0.2) is 36.2 Å². The topological polar surface area (TPSA) is 94.8 Å². The molecule has 0 bridgehead atoms. The van der Waals surface area contributed by atoms with Gasteiger partial charge in [-0.3, -0.25) is 14.6 Å². The Balaban J connectivity index is 2.08. The molecule has 146 valence electrons. The first-order valence-corrected chi connectivity index (χ1v) is 8.86. The number of rotatable bonds is 5. The van der Waals surface area contributed by atoms with Gasteiger partial charge in [-0.1, -0.05) is 6.07 Å². The molecule has 0 saturated heterocycles. The van der Waals surface area contributed by atoms with Gasteiger partial charge in [-0.05, 0) is 38.5 Å². The zero-order valence-electron chi connectivity index (χ0n) is 16.4. The van der Waals surface area contributed by atoms with Crippen molar-refractivity contribution in [2.24, 2.45) is 5.73 Å². The van der Waals surface area contributed by atoms with Gasteiger partial charge in [-0.15, -0.1) is 0 Å². The van der Waals surface area contributed by atoms with Crippen molar-refractivity contribution >= 4 is 23.0 Å². The molecular formula is C21H23N3O4. The molecule has 2 N–H and O–H groups in total. The number of aryl methyl sites for hydroxylation is 1. The number of carbonyl (C=O) groups excluding carboxylic acids is 2. The first kappa shape index (κ1) is 19.4. The normalized spacial score (nSPS) is 14.1. The third-order valence-electron chi connectivity index (χ3n) is 4.55. The number of methoxy groups -OCH3 is 1. The van der Waals surface area contributed by atoms with Crippen LogP contribution in [-0.4, -0.2) is 30.4 Å². The Labute approximate surface area is 163 Å². The van der Waals surface area contributed by atoms with Crippen LogP contribution in [-0.2, 0) is 16.1 Å². The fourth-order valence-corrected chi connectivity index (χ4v) is 3.22. The molecule has 7 nitrogen and oxygen atoms in total. The number of ether oxygens (including phenoxy) is 2. The second-order valence-electron chi connectivity index (χ2n) is 6.71. The molecule has 7 heteroatoms. The number of amides is 1. The zero-order chi connectivity index (χ0) is 20.4. The summed E-state index contributed by atoms with van der Waals surface area (Å²) >= 11 is 0. The Morgan fingerprint density at radius 1 is 1.32 bits per heavy atom. The molecule has 28 heavy (non-hydrogen) atoms. The molecule has 0 spiro atoms. The van der Waals surface area contributed by atoms with Crippen LogP contribution in [0.1, 0.15) is 30.7 Å². The SMILES string of the molecule is COc1cc2c(cc1C(C(C)=O)=C(C)N)OCC(=O)N2Cc1ccc(C)nc1. The second-order valence-corrected chi connectivity index (χ2v) is 6.71. The standard InChI is InChI=1S/C21H23N3O4/c1-12-5-6-15(9-23-12)10-24-17-8-18(27-4)16(21(13(2)22)14(3)25)7-19(17)28-11-20(24)26/h5-9H,10-11,22H2,1-4H3. The lowest BCUT2D eigenvalue weighted by Gasteiger charge is -2.30. The average molecular weight is 381 g/mol. The first-order chi connectivity index (χ1) is 13.3. The highest BCUT2D eigenvalue weighted by Crippen LogP contribution is 2.41. The summed E-state index contributed by atoms with van der Waals surface area (Å²) in [6.07, 6.45) is 1.75. The minimum atomic E-state index is -0.173.